The monoisotopic (exact) mass is 945 g/mol. The molecule has 0 unspecified atom stereocenters. The first-order chi connectivity index (χ1) is 20.0. The number of carboxylic acids is 1. The van der Waals surface area contributed by atoms with Crippen molar-refractivity contribution >= 4 is 28.1 Å². The second kappa shape index (κ2) is 46.9. The third-order valence-corrected chi connectivity index (χ3v) is 4.92. The average molecular weight is 946 g/mol. The molecule has 4 aromatic rings. The number of H-pyrrole nitrogens is 1. The quantitative estimate of drug-likeness (QED) is 0.122. The van der Waals surface area contributed by atoms with Crippen LogP contribution in [0.25, 0.3) is 16.3 Å². The Balaban J connectivity index is -0.0000000451. The number of carbonyl (C=O) groups is 2. The molecule has 0 saturated carbocycles. The van der Waals surface area contributed by atoms with Gasteiger partial charge in [0.2, 0.25) is 0 Å². The van der Waals surface area contributed by atoms with Crippen LogP contribution in [0, 0.1) is 46.7 Å². The summed E-state index contributed by atoms with van der Waals surface area (Å²) < 4.78 is 37.9. The summed E-state index contributed by atoms with van der Waals surface area (Å²) in [6.07, 6.45) is 2.64. The number of pyridine rings is 1. The predicted molar refractivity (Wildman–Crippen MR) is 207 cm³/mol. The third kappa shape index (κ3) is 33.2. The molecule has 4 rings (SSSR count). The van der Waals surface area contributed by atoms with Gasteiger partial charge in [-0.05, 0) is 85.3 Å². The topological polar surface area (TPSA) is 87.2 Å². The standard InChI is InChI=1S/C10H8FNO.C10H9FO2.C8H7FO.3C2H6.3CH4.3CH3.3Y/c1-6-5-12-10(13)8-3-2-7(11)4-9(6)8;1-7(5-10(12)13)8-3-2-4-9(11)6-8;1-6(10)7-3-2-4-8(9)5-7;3*1-2;;;;;;;;;/h2-5H,1H3,(H,12,13);2-6H,1H3,(H,12,13);2-5H,1H3;3*1-2H3;3*1H4;3*1H3;;;/q;;;;;;;;;3*-1;;;/b;7-5+;;;;;;;;;;;;;. The SMILES string of the molecule is C.C.C.C/C(=C\C(=O)O)c1cccc(F)c1.CC.CC.CC.CC(=O)c1cccc(F)c1.Cc1c[nH]c(=O)c2ccc(F)cc12.[CH3-].[CH3-].[CH3-].[Y].[Y].[Y]. The van der Waals surface area contributed by atoms with Crippen LogP contribution in [0.5, 0.6) is 0 Å². The van der Waals surface area contributed by atoms with Crippen LogP contribution < -0.4 is 5.56 Å². The van der Waals surface area contributed by atoms with Crippen molar-refractivity contribution in [1.29, 1.82) is 0 Å². The number of ketones is 1. The molecule has 0 aliphatic carbocycles. The number of aliphatic carboxylic acids is 1. The van der Waals surface area contributed by atoms with Crippen molar-refractivity contribution in [2.24, 2.45) is 0 Å². The fraction of sp³-hybridized carbons (Fsp3) is 0.300. The Morgan fingerprint density at radius 1 is 0.647 bits per heavy atom. The van der Waals surface area contributed by atoms with Gasteiger partial charge >= 0.3 is 5.97 Å². The van der Waals surface area contributed by atoms with Crippen molar-refractivity contribution in [2.75, 3.05) is 0 Å². The summed E-state index contributed by atoms with van der Waals surface area (Å²) in [5.74, 6) is -2.19. The number of carboxylic acid groups (broad SMARTS) is 1. The first-order valence-electron chi connectivity index (χ1n) is 13.7. The number of benzene rings is 3. The molecule has 1 heterocycles. The van der Waals surface area contributed by atoms with E-state index in [2.05, 4.69) is 4.98 Å². The first-order valence-corrected chi connectivity index (χ1v) is 13.7. The number of fused-ring (bicyclic) bond motifs is 1. The summed E-state index contributed by atoms with van der Waals surface area (Å²) in [4.78, 5) is 34.8. The average Bonchev–Trinajstić information content (AvgIpc) is 2.98. The number of nitrogens with one attached hydrogen (secondary N) is 1. The molecule has 5 nitrogen and oxygen atoms in total. The van der Waals surface area contributed by atoms with Crippen molar-refractivity contribution < 1.29 is 126 Å². The normalized spacial score (nSPS) is 7.80. The minimum atomic E-state index is -1.03. The van der Waals surface area contributed by atoms with E-state index in [9.17, 15) is 27.6 Å². The Bertz CT molecular complexity index is 1500. The summed E-state index contributed by atoms with van der Waals surface area (Å²) in [6, 6.07) is 15.6. The van der Waals surface area contributed by atoms with Crippen LogP contribution in [-0.2, 0) is 103 Å². The first kappa shape index (κ1) is 78.8. The Morgan fingerprint density at radius 3 is 1.41 bits per heavy atom. The summed E-state index contributed by atoms with van der Waals surface area (Å²) in [5, 5.41) is 9.64. The second-order valence-electron chi connectivity index (χ2n) is 7.73. The molecule has 0 amide bonds. The molecule has 3 aromatic carbocycles. The molecule has 3 radical (unpaired) electrons. The van der Waals surface area contributed by atoms with Crippen LogP contribution in [0.15, 0.2) is 83.8 Å². The number of carbonyl (C=O) groups excluding carboxylic acids is 1. The largest absolute Gasteiger partial charge is 0.478 e. The van der Waals surface area contributed by atoms with E-state index in [1.165, 1.54) is 55.5 Å². The van der Waals surface area contributed by atoms with E-state index < -0.39 is 5.97 Å². The summed E-state index contributed by atoms with van der Waals surface area (Å²) in [6.45, 7) is 16.9. The molecule has 285 valence electrons. The Hall–Kier alpha value is -1.15. The zero-order valence-corrected chi connectivity index (χ0v) is 39.1. The Labute approximate surface area is 385 Å². The van der Waals surface area contributed by atoms with Gasteiger partial charge in [-0.3, -0.25) is 9.59 Å². The van der Waals surface area contributed by atoms with Gasteiger partial charge in [0, 0.05) is 121 Å². The maximum atomic E-state index is 12.8. The zero-order chi connectivity index (χ0) is 32.8. The molecule has 2 N–H and O–H groups in total. The van der Waals surface area contributed by atoms with Crippen molar-refractivity contribution in [1.82, 2.24) is 4.98 Å². The summed E-state index contributed by atoms with van der Waals surface area (Å²) in [7, 11) is 0. The van der Waals surface area contributed by atoms with Gasteiger partial charge in [-0.2, -0.15) is 0 Å². The van der Waals surface area contributed by atoms with Crippen LogP contribution in [0.3, 0.4) is 0 Å². The molecule has 51 heavy (non-hydrogen) atoms. The number of halogens is 3. The van der Waals surface area contributed by atoms with Gasteiger partial charge in [0.1, 0.15) is 17.5 Å². The van der Waals surface area contributed by atoms with Gasteiger partial charge in [0.05, 0.1) is 0 Å². The van der Waals surface area contributed by atoms with E-state index in [4.69, 9.17) is 5.11 Å². The van der Waals surface area contributed by atoms with E-state index in [1.807, 2.05) is 48.5 Å². The number of hydrogen-bond donors (Lipinski definition) is 2. The summed E-state index contributed by atoms with van der Waals surface area (Å²) in [5.41, 5.74) is 2.23. The molecule has 0 bridgehead atoms. The molecular formula is C40H63F3NO4Y3-3. The minimum Gasteiger partial charge on any atom is -0.478 e. The number of Topliss-reactive ketones (excluding diaryl/α,β-unsaturated/α-hetero) is 1. The molecule has 0 aliphatic heterocycles. The van der Waals surface area contributed by atoms with Crippen LogP contribution in [-0.4, -0.2) is 21.8 Å². The van der Waals surface area contributed by atoms with Crippen molar-refractivity contribution in [3.8, 4) is 0 Å². The van der Waals surface area contributed by atoms with Gasteiger partial charge in [-0.15, -0.1) is 0 Å². The maximum absolute atomic E-state index is 12.8. The van der Waals surface area contributed by atoms with E-state index in [0.717, 1.165) is 11.6 Å². The maximum Gasteiger partial charge on any atom is 0.328 e. The van der Waals surface area contributed by atoms with Crippen molar-refractivity contribution in [3.63, 3.8) is 0 Å². The molecule has 0 spiro atoms. The van der Waals surface area contributed by atoms with Crippen molar-refractivity contribution in [3.05, 3.63) is 146 Å². The van der Waals surface area contributed by atoms with Gasteiger partial charge in [0.15, 0.2) is 5.78 Å². The van der Waals surface area contributed by atoms with E-state index >= 15 is 0 Å². The zero-order valence-electron chi connectivity index (χ0n) is 30.5. The van der Waals surface area contributed by atoms with Gasteiger partial charge in [0.25, 0.3) is 5.56 Å². The molecule has 0 aliphatic rings. The third-order valence-electron chi connectivity index (χ3n) is 4.92. The number of hydrogen-bond acceptors (Lipinski definition) is 3. The molecular weight excluding hydrogens is 882 g/mol. The van der Waals surface area contributed by atoms with Crippen LogP contribution in [0.2, 0.25) is 0 Å². The number of rotatable bonds is 3. The van der Waals surface area contributed by atoms with Crippen LogP contribution >= 0.6 is 0 Å². The smallest absolute Gasteiger partial charge is 0.328 e. The molecule has 1 aromatic heterocycles. The van der Waals surface area contributed by atoms with E-state index in [0.29, 0.717) is 27.5 Å². The Kier molecular flexibility index (Phi) is 72.4. The van der Waals surface area contributed by atoms with Gasteiger partial charge in [-0.25, -0.2) is 18.0 Å². The fourth-order valence-electron chi connectivity index (χ4n) is 3.08. The molecule has 0 fully saturated rings. The number of aromatic amines is 1. The van der Waals surface area contributed by atoms with E-state index in [1.54, 1.807) is 31.3 Å². The Morgan fingerprint density at radius 2 is 1.04 bits per heavy atom. The minimum absolute atomic E-state index is 0. The molecule has 0 saturated heterocycles. The van der Waals surface area contributed by atoms with Crippen LogP contribution in [0.4, 0.5) is 13.2 Å². The summed E-state index contributed by atoms with van der Waals surface area (Å²) >= 11 is 0. The number of aromatic nitrogens is 1. The van der Waals surface area contributed by atoms with E-state index in [-0.39, 0.29) is 171 Å². The fourth-order valence-corrected chi connectivity index (χ4v) is 3.08. The van der Waals surface area contributed by atoms with Crippen molar-refractivity contribution in [2.45, 2.75) is 84.6 Å². The number of allylic oxidation sites excluding steroid dienone is 1. The second-order valence-corrected chi connectivity index (χ2v) is 7.73. The molecule has 11 heteroatoms. The van der Waals surface area contributed by atoms with Gasteiger partial charge in [-0.1, -0.05) is 88.1 Å². The van der Waals surface area contributed by atoms with Crippen LogP contribution in [0.1, 0.15) is 99.2 Å². The predicted octanol–water partition coefficient (Wildman–Crippen LogP) is 12.6. The molecule has 0 atom stereocenters. The van der Waals surface area contributed by atoms with Gasteiger partial charge < -0.3 is 32.4 Å². The number of aryl methyl sites for hydroxylation is 1.